The maximum absolute atomic E-state index is 12.6. The number of rotatable bonds is 5. The summed E-state index contributed by atoms with van der Waals surface area (Å²) < 4.78 is 60.3. The summed E-state index contributed by atoms with van der Waals surface area (Å²) in [7, 11) is -1.78. The zero-order chi connectivity index (χ0) is 21.6. The van der Waals surface area contributed by atoms with Gasteiger partial charge in [-0.2, -0.15) is 13.9 Å². The molecule has 2 aromatic rings. The molecule has 4 rings (SSSR count). The van der Waals surface area contributed by atoms with E-state index in [1.165, 1.54) is 13.2 Å². The van der Waals surface area contributed by atoms with Crippen molar-refractivity contribution in [3.63, 3.8) is 0 Å². The Labute approximate surface area is 172 Å². The predicted octanol–water partition coefficient (Wildman–Crippen LogP) is 2.64. The molecule has 1 amide bonds. The number of hydrogen-bond acceptors (Lipinski definition) is 6. The molecule has 11 heteroatoms. The van der Waals surface area contributed by atoms with Crippen LogP contribution in [-0.4, -0.2) is 49.3 Å². The van der Waals surface area contributed by atoms with E-state index in [-0.39, 0.29) is 47.3 Å². The molecule has 1 N–H and O–H groups in total. The summed E-state index contributed by atoms with van der Waals surface area (Å²) in [6, 6.07) is 4.23. The van der Waals surface area contributed by atoms with Crippen LogP contribution in [0, 0.1) is 6.92 Å². The standard InChI is InChI=1S/C19H21F2N3O5S/c1-10-17-13(11-3-4-14(29-19(20)21)15(7-11)28-2)8-16(25)22-18(17)24(23-10)12-5-6-30(26,27)9-12/h3-4,7,12-13,19H,5-6,8-9H2,1-2H3,(H,22,25)/t12-,13-/m0/s1. The number of benzene rings is 1. The minimum Gasteiger partial charge on any atom is -0.493 e. The molecule has 3 heterocycles. The maximum Gasteiger partial charge on any atom is 0.387 e. The van der Waals surface area contributed by atoms with Crippen LogP contribution in [0.1, 0.15) is 41.6 Å². The number of aryl methyl sites for hydroxylation is 1. The average Bonchev–Trinajstić information content (AvgIpc) is 3.20. The van der Waals surface area contributed by atoms with E-state index < -0.39 is 16.4 Å². The fourth-order valence-corrected chi connectivity index (χ4v) is 5.88. The molecule has 0 radical (unpaired) electrons. The summed E-state index contributed by atoms with van der Waals surface area (Å²) in [4.78, 5) is 12.5. The summed E-state index contributed by atoms with van der Waals surface area (Å²) in [5.41, 5.74) is 2.14. The number of carbonyl (C=O) groups is 1. The molecule has 0 bridgehead atoms. The molecule has 30 heavy (non-hydrogen) atoms. The lowest BCUT2D eigenvalue weighted by Crippen LogP contribution is -2.26. The normalized spacial score (nSPS) is 22.6. The molecule has 1 saturated heterocycles. The van der Waals surface area contributed by atoms with Gasteiger partial charge in [-0.1, -0.05) is 6.07 Å². The van der Waals surface area contributed by atoms with E-state index in [9.17, 15) is 22.0 Å². The SMILES string of the molecule is COc1cc([C@@H]2CC(=O)Nc3c2c(C)nn3[C@H]2CCS(=O)(=O)C2)ccc1OC(F)F. The number of aromatic nitrogens is 2. The Balaban J connectivity index is 1.75. The summed E-state index contributed by atoms with van der Waals surface area (Å²) in [6.07, 6.45) is 0.574. The summed E-state index contributed by atoms with van der Waals surface area (Å²) in [6.45, 7) is -1.19. The van der Waals surface area contributed by atoms with Crippen LogP contribution in [0.2, 0.25) is 0 Å². The monoisotopic (exact) mass is 441 g/mol. The molecular formula is C19H21F2N3O5S. The van der Waals surface area contributed by atoms with Crippen molar-refractivity contribution >= 4 is 21.6 Å². The molecule has 1 aromatic carbocycles. The molecule has 2 aliphatic rings. The molecule has 0 spiro atoms. The van der Waals surface area contributed by atoms with Gasteiger partial charge in [-0.3, -0.25) is 4.79 Å². The number of alkyl halides is 2. The van der Waals surface area contributed by atoms with E-state index in [2.05, 4.69) is 15.2 Å². The molecule has 0 unspecified atom stereocenters. The zero-order valence-corrected chi connectivity index (χ0v) is 17.2. The van der Waals surface area contributed by atoms with Gasteiger partial charge < -0.3 is 14.8 Å². The van der Waals surface area contributed by atoms with Crippen molar-refractivity contribution in [2.24, 2.45) is 0 Å². The van der Waals surface area contributed by atoms with Crippen molar-refractivity contribution in [3.8, 4) is 11.5 Å². The van der Waals surface area contributed by atoms with Crippen LogP contribution in [0.15, 0.2) is 18.2 Å². The van der Waals surface area contributed by atoms with Gasteiger partial charge in [-0.25, -0.2) is 13.1 Å². The van der Waals surface area contributed by atoms with Crippen LogP contribution in [0.4, 0.5) is 14.6 Å². The number of hydrogen-bond donors (Lipinski definition) is 1. The third-order valence-electron chi connectivity index (χ3n) is 5.49. The highest BCUT2D eigenvalue weighted by molar-refractivity contribution is 7.91. The molecule has 1 fully saturated rings. The number of fused-ring (bicyclic) bond motifs is 1. The van der Waals surface area contributed by atoms with Crippen LogP contribution in [0.3, 0.4) is 0 Å². The van der Waals surface area contributed by atoms with Crippen molar-refractivity contribution in [1.29, 1.82) is 0 Å². The Morgan fingerprint density at radius 3 is 2.70 bits per heavy atom. The molecule has 2 atom stereocenters. The number of anilines is 1. The van der Waals surface area contributed by atoms with Crippen molar-refractivity contribution in [2.45, 2.75) is 38.3 Å². The third-order valence-corrected chi connectivity index (χ3v) is 7.24. The van der Waals surface area contributed by atoms with Gasteiger partial charge in [-0.15, -0.1) is 0 Å². The van der Waals surface area contributed by atoms with Gasteiger partial charge in [-0.05, 0) is 31.0 Å². The van der Waals surface area contributed by atoms with Gasteiger partial charge in [0.2, 0.25) is 5.91 Å². The second-order valence-corrected chi connectivity index (χ2v) is 9.67. The second-order valence-electron chi connectivity index (χ2n) is 7.44. The van der Waals surface area contributed by atoms with Crippen LogP contribution in [0.5, 0.6) is 11.5 Å². The highest BCUT2D eigenvalue weighted by Gasteiger charge is 2.37. The summed E-state index contributed by atoms with van der Waals surface area (Å²) >= 11 is 0. The first-order valence-corrected chi connectivity index (χ1v) is 11.2. The van der Waals surface area contributed by atoms with Crippen molar-refractivity contribution in [2.75, 3.05) is 23.9 Å². The molecule has 8 nitrogen and oxygen atoms in total. The van der Waals surface area contributed by atoms with E-state index in [1.54, 1.807) is 23.7 Å². The molecular weight excluding hydrogens is 420 g/mol. The van der Waals surface area contributed by atoms with Gasteiger partial charge in [0.05, 0.1) is 30.4 Å². The van der Waals surface area contributed by atoms with Gasteiger partial charge in [0.15, 0.2) is 21.3 Å². The van der Waals surface area contributed by atoms with Crippen LogP contribution in [0.25, 0.3) is 0 Å². The number of sulfone groups is 1. The van der Waals surface area contributed by atoms with Crippen molar-refractivity contribution < 1.29 is 31.5 Å². The lowest BCUT2D eigenvalue weighted by atomic mass is 9.85. The lowest BCUT2D eigenvalue weighted by molar-refractivity contribution is -0.116. The number of methoxy groups -OCH3 is 1. The number of carbonyl (C=O) groups excluding carboxylic acids is 1. The molecule has 0 aliphatic carbocycles. The quantitative estimate of drug-likeness (QED) is 0.766. The summed E-state index contributed by atoms with van der Waals surface area (Å²) in [5, 5.41) is 7.36. The third kappa shape index (κ3) is 3.73. The lowest BCUT2D eigenvalue weighted by Gasteiger charge is -2.26. The van der Waals surface area contributed by atoms with E-state index in [4.69, 9.17) is 4.74 Å². The fraction of sp³-hybridized carbons (Fsp3) is 0.474. The fourth-order valence-electron chi connectivity index (χ4n) is 4.18. The van der Waals surface area contributed by atoms with Crippen LogP contribution in [-0.2, 0) is 14.6 Å². The number of ether oxygens (including phenoxy) is 2. The molecule has 1 aromatic heterocycles. The van der Waals surface area contributed by atoms with E-state index >= 15 is 0 Å². The zero-order valence-electron chi connectivity index (χ0n) is 16.4. The van der Waals surface area contributed by atoms with Crippen molar-refractivity contribution in [3.05, 3.63) is 35.0 Å². The van der Waals surface area contributed by atoms with Crippen LogP contribution >= 0.6 is 0 Å². The number of nitrogens with zero attached hydrogens (tertiary/aromatic N) is 2. The van der Waals surface area contributed by atoms with E-state index in [0.29, 0.717) is 23.5 Å². The van der Waals surface area contributed by atoms with Crippen LogP contribution < -0.4 is 14.8 Å². The van der Waals surface area contributed by atoms with E-state index in [0.717, 1.165) is 5.56 Å². The maximum atomic E-state index is 12.6. The van der Waals surface area contributed by atoms with Gasteiger partial charge in [0, 0.05) is 17.9 Å². The Morgan fingerprint density at radius 2 is 2.07 bits per heavy atom. The minimum atomic E-state index is -3.13. The minimum absolute atomic E-state index is 0.0193. The molecule has 162 valence electrons. The Kier molecular flexibility index (Phi) is 5.16. The summed E-state index contributed by atoms with van der Waals surface area (Å²) in [5.74, 6) is -0.0215. The number of nitrogens with one attached hydrogen (secondary N) is 1. The predicted molar refractivity (Wildman–Crippen MR) is 104 cm³/mol. The molecule has 0 saturated carbocycles. The first-order valence-electron chi connectivity index (χ1n) is 9.40. The first kappa shape index (κ1) is 20.6. The highest BCUT2D eigenvalue weighted by atomic mass is 32.2. The molecule has 2 aliphatic heterocycles. The Bertz CT molecular complexity index is 1100. The van der Waals surface area contributed by atoms with Gasteiger partial charge in [0.1, 0.15) is 5.82 Å². The van der Waals surface area contributed by atoms with Gasteiger partial charge >= 0.3 is 6.61 Å². The van der Waals surface area contributed by atoms with E-state index in [1.807, 2.05) is 0 Å². The second kappa shape index (κ2) is 7.53. The smallest absolute Gasteiger partial charge is 0.387 e. The largest absolute Gasteiger partial charge is 0.493 e. The Morgan fingerprint density at radius 1 is 1.30 bits per heavy atom. The average molecular weight is 441 g/mol. The topological polar surface area (TPSA) is 99.5 Å². The first-order chi connectivity index (χ1) is 14.2. The number of amides is 1. The highest BCUT2D eigenvalue weighted by Crippen LogP contribution is 2.43. The Hall–Kier alpha value is -2.69. The van der Waals surface area contributed by atoms with Gasteiger partial charge in [0.25, 0.3) is 0 Å². The number of halogens is 2. The van der Waals surface area contributed by atoms with Crippen molar-refractivity contribution in [1.82, 2.24) is 9.78 Å².